The molecule has 4 rings (SSSR count). The zero-order valence-corrected chi connectivity index (χ0v) is 17.2. The number of nitrogens with zero attached hydrogens (tertiary/aromatic N) is 1. The van der Waals surface area contributed by atoms with Crippen LogP contribution in [0.2, 0.25) is 0 Å². The summed E-state index contributed by atoms with van der Waals surface area (Å²) in [6.45, 7) is 0.636. The lowest BCUT2D eigenvalue weighted by Gasteiger charge is -2.17. The van der Waals surface area contributed by atoms with Gasteiger partial charge in [0.1, 0.15) is 16.5 Å². The Morgan fingerprint density at radius 3 is 2.57 bits per heavy atom. The molecule has 8 nitrogen and oxygen atoms in total. The Kier molecular flexibility index (Phi) is 5.12. The van der Waals surface area contributed by atoms with Gasteiger partial charge in [0.25, 0.3) is 5.91 Å². The van der Waals surface area contributed by atoms with Crippen LogP contribution in [0.3, 0.4) is 0 Å². The van der Waals surface area contributed by atoms with Crippen LogP contribution in [0, 0.1) is 5.82 Å². The van der Waals surface area contributed by atoms with Crippen molar-refractivity contribution in [2.45, 2.75) is 17.7 Å². The second kappa shape index (κ2) is 7.49. The second-order valence-corrected chi connectivity index (χ2v) is 10.2. The molecule has 2 aliphatic rings. The summed E-state index contributed by atoms with van der Waals surface area (Å²) in [4.78, 5) is 12.1. The van der Waals surface area contributed by atoms with Gasteiger partial charge >= 0.3 is 10.1 Å². The minimum Gasteiger partial charge on any atom is -0.379 e. The van der Waals surface area contributed by atoms with Crippen LogP contribution in [-0.2, 0) is 20.1 Å². The first-order valence-electron chi connectivity index (χ1n) is 9.03. The number of anilines is 1. The Balaban J connectivity index is 1.59. The van der Waals surface area contributed by atoms with Crippen molar-refractivity contribution in [3.63, 3.8) is 0 Å². The molecule has 0 saturated carbocycles. The van der Waals surface area contributed by atoms with Crippen molar-refractivity contribution in [2.24, 2.45) is 0 Å². The Morgan fingerprint density at radius 2 is 1.83 bits per heavy atom. The molecule has 2 aromatic rings. The zero-order valence-electron chi connectivity index (χ0n) is 15.5. The highest BCUT2D eigenvalue weighted by molar-refractivity contribution is 7.90. The number of carbonyl (C=O) groups is 1. The summed E-state index contributed by atoms with van der Waals surface area (Å²) >= 11 is 0. The first-order valence-corrected chi connectivity index (χ1v) is 11.9. The molecule has 0 aliphatic carbocycles. The fourth-order valence-corrected chi connectivity index (χ4v) is 5.63. The predicted molar refractivity (Wildman–Crippen MR) is 107 cm³/mol. The number of fused-ring (bicyclic) bond motifs is 1. The number of sulfonamides is 1. The average molecular weight is 452 g/mol. The SMILES string of the molecule is O=C(Nc1ccc2c(c1)C=CS(=O)(=O)O2)c1ccc(F)c(S(=O)(=O)N2CCCC2)c1. The number of halogens is 1. The van der Waals surface area contributed by atoms with E-state index in [0.717, 1.165) is 17.5 Å². The molecule has 0 unspecified atom stereocenters. The Bertz CT molecular complexity index is 1270. The first kappa shape index (κ1) is 20.5. The zero-order chi connectivity index (χ0) is 21.5. The molecule has 2 aromatic carbocycles. The molecule has 2 heterocycles. The van der Waals surface area contributed by atoms with Crippen LogP contribution in [0.4, 0.5) is 10.1 Å². The molecule has 0 spiro atoms. The molecule has 0 radical (unpaired) electrons. The van der Waals surface area contributed by atoms with E-state index in [0.29, 0.717) is 37.2 Å². The van der Waals surface area contributed by atoms with Gasteiger partial charge in [-0.15, -0.1) is 0 Å². The van der Waals surface area contributed by atoms with Crippen LogP contribution < -0.4 is 9.50 Å². The van der Waals surface area contributed by atoms with Gasteiger partial charge in [-0.25, -0.2) is 12.8 Å². The van der Waals surface area contributed by atoms with E-state index in [2.05, 4.69) is 5.32 Å². The summed E-state index contributed by atoms with van der Waals surface area (Å²) in [5.74, 6) is -1.44. The molecule has 11 heteroatoms. The van der Waals surface area contributed by atoms with Gasteiger partial charge in [-0.3, -0.25) is 4.79 Å². The molecule has 30 heavy (non-hydrogen) atoms. The number of hydrogen-bond acceptors (Lipinski definition) is 6. The van der Waals surface area contributed by atoms with Crippen molar-refractivity contribution in [1.29, 1.82) is 0 Å². The van der Waals surface area contributed by atoms with Crippen LogP contribution in [0.1, 0.15) is 28.8 Å². The average Bonchev–Trinajstić information content (AvgIpc) is 3.23. The quantitative estimate of drug-likeness (QED) is 0.714. The van der Waals surface area contributed by atoms with E-state index >= 15 is 0 Å². The lowest BCUT2D eigenvalue weighted by atomic mass is 10.1. The van der Waals surface area contributed by atoms with E-state index in [1.165, 1.54) is 34.6 Å². The lowest BCUT2D eigenvalue weighted by Crippen LogP contribution is -2.29. The Morgan fingerprint density at radius 1 is 1.10 bits per heavy atom. The standard InChI is InChI=1S/C19H17FN2O6S2/c20-16-5-3-14(12-18(16)30(26,27)22-8-1-2-9-22)19(23)21-15-4-6-17-13(11-15)7-10-29(24,25)28-17/h3-7,10-12H,1-2,8-9H2,(H,21,23). The minimum atomic E-state index is -4.03. The van der Waals surface area contributed by atoms with Crippen LogP contribution in [0.5, 0.6) is 5.75 Å². The molecule has 0 aromatic heterocycles. The topological polar surface area (TPSA) is 110 Å². The highest BCUT2D eigenvalue weighted by Crippen LogP contribution is 2.30. The van der Waals surface area contributed by atoms with E-state index in [-0.39, 0.29) is 11.3 Å². The van der Waals surface area contributed by atoms with E-state index in [1.807, 2.05) is 0 Å². The summed E-state index contributed by atoms with van der Waals surface area (Å²) in [5, 5.41) is 3.49. The van der Waals surface area contributed by atoms with Gasteiger partial charge in [-0.05, 0) is 55.3 Å². The van der Waals surface area contributed by atoms with Crippen molar-refractivity contribution in [2.75, 3.05) is 18.4 Å². The molecule has 1 N–H and O–H groups in total. The number of rotatable bonds is 4. The highest BCUT2D eigenvalue weighted by Gasteiger charge is 2.30. The predicted octanol–water partition coefficient (Wildman–Crippen LogP) is 2.56. The molecular formula is C19H17FN2O6S2. The lowest BCUT2D eigenvalue weighted by molar-refractivity contribution is 0.102. The van der Waals surface area contributed by atoms with Gasteiger partial charge in [0.2, 0.25) is 10.0 Å². The largest absolute Gasteiger partial charge is 0.379 e. The summed E-state index contributed by atoms with van der Waals surface area (Å²) in [5.41, 5.74) is 0.750. The molecule has 0 bridgehead atoms. The normalized spacial score (nSPS) is 17.9. The summed E-state index contributed by atoms with van der Waals surface area (Å²) < 4.78 is 68.5. The van der Waals surface area contributed by atoms with Crippen molar-refractivity contribution < 1.29 is 30.2 Å². The van der Waals surface area contributed by atoms with Gasteiger partial charge in [-0.2, -0.15) is 12.7 Å². The van der Waals surface area contributed by atoms with Crippen molar-refractivity contribution in [1.82, 2.24) is 4.31 Å². The Labute approximate surface area is 173 Å². The van der Waals surface area contributed by atoms with Crippen molar-refractivity contribution in [3.05, 3.63) is 58.8 Å². The van der Waals surface area contributed by atoms with Gasteiger partial charge < -0.3 is 9.50 Å². The summed E-state index contributed by atoms with van der Waals surface area (Å²) in [6, 6.07) is 7.50. The fourth-order valence-electron chi connectivity index (χ4n) is 3.26. The smallest absolute Gasteiger partial charge is 0.332 e. The maximum atomic E-state index is 14.3. The second-order valence-electron chi connectivity index (χ2n) is 6.84. The molecular weight excluding hydrogens is 435 g/mol. The van der Waals surface area contributed by atoms with Gasteiger partial charge in [0.05, 0.1) is 5.41 Å². The van der Waals surface area contributed by atoms with Crippen molar-refractivity contribution >= 4 is 37.8 Å². The molecule has 1 saturated heterocycles. The third kappa shape index (κ3) is 3.95. The van der Waals surface area contributed by atoms with Crippen LogP contribution in [0.25, 0.3) is 6.08 Å². The molecule has 1 fully saturated rings. The maximum Gasteiger partial charge on any atom is 0.332 e. The summed E-state index contributed by atoms with van der Waals surface area (Å²) in [6.07, 6.45) is 2.75. The van der Waals surface area contributed by atoms with Gasteiger partial charge in [0, 0.05) is 29.9 Å². The van der Waals surface area contributed by atoms with E-state index in [1.54, 1.807) is 0 Å². The minimum absolute atomic E-state index is 0.0266. The number of nitrogens with one attached hydrogen (secondary N) is 1. The van der Waals surface area contributed by atoms with E-state index in [4.69, 9.17) is 4.18 Å². The highest BCUT2D eigenvalue weighted by atomic mass is 32.2. The monoisotopic (exact) mass is 452 g/mol. The van der Waals surface area contributed by atoms with Gasteiger partial charge in [0.15, 0.2) is 0 Å². The molecule has 158 valence electrons. The van der Waals surface area contributed by atoms with Gasteiger partial charge in [-0.1, -0.05) is 0 Å². The third-order valence-corrected chi connectivity index (χ3v) is 7.56. The Hall–Kier alpha value is -2.76. The first-order chi connectivity index (χ1) is 14.2. The number of amides is 1. The van der Waals surface area contributed by atoms with Crippen LogP contribution in [-0.4, -0.2) is 40.1 Å². The molecule has 2 aliphatic heterocycles. The van der Waals surface area contributed by atoms with E-state index < -0.39 is 36.8 Å². The number of carbonyl (C=O) groups excluding carboxylic acids is 1. The van der Waals surface area contributed by atoms with Crippen LogP contribution in [0.15, 0.2) is 46.7 Å². The fraction of sp³-hybridized carbons (Fsp3) is 0.211. The third-order valence-electron chi connectivity index (χ3n) is 4.76. The van der Waals surface area contributed by atoms with Crippen molar-refractivity contribution in [3.8, 4) is 5.75 Å². The number of benzene rings is 2. The molecule has 1 amide bonds. The number of hydrogen-bond donors (Lipinski definition) is 1. The molecule has 0 atom stereocenters. The maximum absolute atomic E-state index is 14.3. The summed E-state index contributed by atoms with van der Waals surface area (Å²) in [7, 11) is -7.79. The van der Waals surface area contributed by atoms with E-state index in [9.17, 15) is 26.0 Å². The van der Waals surface area contributed by atoms with Crippen LogP contribution >= 0.6 is 0 Å².